The van der Waals surface area contributed by atoms with Gasteiger partial charge in [0.1, 0.15) is 11.6 Å². The highest BCUT2D eigenvalue weighted by atomic mass is 19.1. The summed E-state index contributed by atoms with van der Waals surface area (Å²) in [5.41, 5.74) is -2.47. The summed E-state index contributed by atoms with van der Waals surface area (Å²) in [4.78, 5) is 61.8. The fraction of sp³-hybridized carbons (Fsp3) is 0.174. The molecule has 1 heterocycles. The normalized spacial score (nSPS) is 10.6. The van der Waals surface area contributed by atoms with E-state index in [0.717, 1.165) is 23.9 Å². The summed E-state index contributed by atoms with van der Waals surface area (Å²) >= 11 is 0. The molecule has 0 aliphatic heterocycles. The van der Waals surface area contributed by atoms with Gasteiger partial charge in [0, 0.05) is 17.3 Å². The van der Waals surface area contributed by atoms with E-state index < -0.39 is 58.9 Å². The van der Waals surface area contributed by atoms with Crippen LogP contribution in [0, 0.1) is 11.6 Å². The summed E-state index contributed by atoms with van der Waals surface area (Å²) in [6.45, 7) is -0.845. The number of aromatic nitrogens is 2. The Morgan fingerprint density at radius 2 is 1.42 bits per heavy atom. The lowest BCUT2D eigenvalue weighted by Crippen LogP contribution is -2.43. The lowest BCUT2D eigenvalue weighted by atomic mass is 10.1. The molecule has 0 radical (unpaired) electrons. The van der Waals surface area contributed by atoms with Gasteiger partial charge in [-0.05, 0) is 12.1 Å². The predicted molar refractivity (Wildman–Crippen MR) is 112 cm³/mol. The van der Waals surface area contributed by atoms with Crippen LogP contribution in [0.5, 0.6) is 0 Å². The van der Waals surface area contributed by atoms with Gasteiger partial charge in [0.05, 0.1) is 32.2 Å². The smallest absolute Gasteiger partial charge is 0.374 e. The molecule has 0 N–H and O–H groups in total. The molecule has 0 aliphatic rings. The van der Waals surface area contributed by atoms with Crippen LogP contribution < -0.4 is 11.2 Å². The first-order valence-corrected chi connectivity index (χ1v) is 9.68. The molecular weight excluding hydrogens is 438 g/mol. The van der Waals surface area contributed by atoms with Crippen molar-refractivity contribution in [3.63, 3.8) is 0 Å². The Balaban J connectivity index is 2.13. The van der Waals surface area contributed by atoms with Gasteiger partial charge in [0.25, 0.3) is 5.56 Å². The van der Waals surface area contributed by atoms with Crippen molar-refractivity contribution < 1.29 is 27.9 Å². The molecule has 0 aliphatic carbocycles. The summed E-state index contributed by atoms with van der Waals surface area (Å²) in [5, 5.41) is 0. The Bertz CT molecular complexity index is 1360. The number of halogens is 2. The molecule has 170 valence electrons. The topological polar surface area (TPSA) is 104 Å². The Morgan fingerprint density at radius 3 is 1.97 bits per heavy atom. The number of hydrogen-bond acceptors (Lipinski definition) is 6. The molecule has 0 saturated heterocycles. The average molecular weight is 456 g/mol. The number of esters is 1. The van der Waals surface area contributed by atoms with E-state index in [4.69, 9.17) is 0 Å². The zero-order valence-electron chi connectivity index (χ0n) is 17.4. The third kappa shape index (κ3) is 5.17. The maximum absolute atomic E-state index is 14.2. The monoisotopic (exact) mass is 456 g/mol. The summed E-state index contributed by atoms with van der Waals surface area (Å²) in [7, 11) is 0.959. The SMILES string of the molecule is COC(=O)C(=O)CC(=O)c1cn(Cc2ccccc2F)c(=O)n(Cc2ccccc2F)c1=O. The van der Waals surface area contributed by atoms with E-state index in [2.05, 4.69) is 4.74 Å². The van der Waals surface area contributed by atoms with Crippen LogP contribution in [-0.4, -0.2) is 33.8 Å². The van der Waals surface area contributed by atoms with Crippen molar-refractivity contribution in [2.45, 2.75) is 19.5 Å². The molecular formula is C23H18F2N2O6. The van der Waals surface area contributed by atoms with Crippen LogP contribution in [0.15, 0.2) is 64.3 Å². The van der Waals surface area contributed by atoms with Crippen LogP contribution in [0.3, 0.4) is 0 Å². The summed E-state index contributed by atoms with van der Waals surface area (Å²) in [6.07, 6.45) is -0.0681. The molecule has 0 amide bonds. The van der Waals surface area contributed by atoms with E-state index >= 15 is 0 Å². The second-order valence-electron chi connectivity index (χ2n) is 7.04. The Hall–Kier alpha value is -4.21. The predicted octanol–water partition coefficient (Wildman–Crippen LogP) is 1.70. The molecule has 3 aromatic rings. The van der Waals surface area contributed by atoms with E-state index in [1.54, 1.807) is 6.07 Å². The van der Waals surface area contributed by atoms with Crippen LogP contribution >= 0.6 is 0 Å². The van der Waals surface area contributed by atoms with Gasteiger partial charge in [-0.1, -0.05) is 36.4 Å². The molecule has 33 heavy (non-hydrogen) atoms. The standard InChI is InChI=1S/C23H18F2N2O6/c1-33-22(31)20(29)10-19(28)16-13-26(11-14-6-2-4-8-17(14)24)23(32)27(21(16)30)12-15-7-3-5-9-18(15)25/h2-9,13H,10-12H2,1H3. The summed E-state index contributed by atoms with van der Waals surface area (Å²) in [6, 6.07) is 11.0. The minimum absolute atomic E-state index is 0.00405. The number of benzene rings is 2. The first kappa shape index (κ1) is 23.5. The van der Waals surface area contributed by atoms with Crippen molar-refractivity contribution in [2.75, 3.05) is 7.11 Å². The summed E-state index contributed by atoms with van der Waals surface area (Å²) < 4.78 is 34.1. The fourth-order valence-corrected chi connectivity index (χ4v) is 3.13. The van der Waals surface area contributed by atoms with Crippen LogP contribution in [-0.2, 0) is 27.4 Å². The summed E-state index contributed by atoms with van der Waals surface area (Å²) in [5.74, 6) is -4.80. The zero-order chi connectivity index (χ0) is 24.1. The van der Waals surface area contributed by atoms with Crippen LogP contribution in [0.1, 0.15) is 27.9 Å². The van der Waals surface area contributed by atoms with Gasteiger partial charge in [0.15, 0.2) is 5.78 Å². The highest BCUT2D eigenvalue weighted by molar-refractivity contribution is 6.38. The van der Waals surface area contributed by atoms with Gasteiger partial charge < -0.3 is 4.74 Å². The third-order valence-corrected chi connectivity index (χ3v) is 4.86. The Morgan fingerprint density at radius 1 is 0.879 bits per heavy atom. The Kier molecular flexibility index (Phi) is 7.07. The number of ketones is 2. The number of carbonyl (C=O) groups excluding carboxylic acids is 3. The van der Waals surface area contributed by atoms with E-state index in [1.165, 1.54) is 36.4 Å². The van der Waals surface area contributed by atoms with E-state index in [9.17, 15) is 32.8 Å². The number of rotatable bonds is 8. The van der Waals surface area contributed by atoms with Crippen LogP contribution in [0.4, 0.5) is 8.78 Å². The highest BCUT2D eigenvalue weighted by Gasteiger charge is 2.24. The van der Waals surface area contributed by atoms with Crippen molar-refractivity contribution in [1.29, 1.82) is 0 Å². The van der Waals surface area contributed by atoms with Gasteiger partial charge >= 0.3 is 11.7 Å². The minimum Gasteiger partial charge on any atom is -0.463 e. The maximum atomic E-state index is 14.2. The molecule has 0 saturated carbocycles. The molecule has 1 aromatic heterocycles. The number of ether oxygens (including phenoxy) is 1. The number of nitrogens with zero attached hydrogens (tertiary/aromatic N) is 2. The molecule has 0 unspecified atom stereocenters. The molecule has 8 nitrogen and oxygen atoms in total. The van der Waals surface area contributed by atoms with Gasteiger partial charge in [-0.25, -0.2) is 18.4 Å². The third-order valence-electron chi connectivity index (χ3n) is 4.86. The average Bonchev–Trinajstić information content (AvgIpc) is 2.80. The second-order valence-corrected chi connectivity index (χ2v) is 7.04. The molecule has 0 atom stereocenters. The molecule has 3 rings (SSSR count). The van der Waals surface area contributed by atoms with Crippen molar-refractivity contribution in [2.24, 2.45) is 0 Å². The fourth-order valence-electron chi connectivity index (χ4n) is 3.13. The number of hydrogen-bond donors (Lipinski definition) is 0. The first-order chi connectivity index (χ1) is 15.7. The van der Waals surface area contributed by atoms with Crippen molar-refractivity contribution >= 4 is 17.5 Å². The van der Waals surface area contributed by atoms with Gasteiger partial charge in [-0.15, -0.1) is 0 Å². The first-order valence-electron chi connectivity index (χ1n) is 9.68. The zero-order valence-corrected chi connectivity index (χ0v) is 17.4. The minimum atomic E-state index is -1.27. The van der Waals surface area contributed by atoms with Gasteiger partial charge in [0.2, 0.25) is 5.78 Å². The molecule has 0 fully saturated rings. The largest absolute Gasteiger partial charge is 0.463 e. The van der Waals surface area contributed by atoms with Gasteiger partial charge in [-0.2, -0.15) is 0 Å². The maximum Gasteiger partial charge on any atom is 0.374 e. The highest BCUT2D eigenvalue weighted by Crippen LogP contribution is 2.10. The van der Waals surface area contributed by atoms with E-state index in [1.807, 2.05) is 0 Å². The lowest BCUT2D eigenvalue weighted by Gasteiger charge is -2.13. The van der Waals surface area contributed by atoms with Crippen molar-refractivity contribution in [3.05, 3.63) is 104 Å². The van der Waals surface area contributed by atoms with Crippen LogP contribution in [0.2, 0.25) is 0 Å². The number of methoxy groups -OCH3 is 1. The van der Waals surface area contributed by atoms with Crippen molar-refractivity contribution in [1.82, 2.24) is 9.13 Å². The van der Waals surface area contributed by atoms with Gasteiger partial charge in [-0.3, -0.25) is 23.5 Å². The van der Waals surface area contributed by atoms with Crippen LogP contribution in [0.25, 0.3) is 0 Å². The number of Topliss-reactive ketones (excluding diaryl/α,β-unsaturated/α-hetero) is 2. The number of carbonyl (C=O) groups is 3. The molecule has 0 bridgehead atoms. The quantitative estimate of drug-likeness (QED) is 0.221. The second kappa shape index (κ2) is 9.94. The lowest BCUT2D eigenvalue weighted by molar-refractivity contribution is -0.151. The molecule has 0 spiro atoms. The molecule has 2 aromatic carbocycles. The Labute approximate surface area is 185 Å². The molecule has 10 heteroatoms. The van der Waals surface area contributed by atoms with E-state index in [0.29, 0.717) is 4.57 Å². The van der Waals surface area contributed by atoms with Crippen molar-refractivity contribution in [3.8, 4) is 0 Å². The van der Waals surface area contributed by atoms with E-state index in [-0.39, 0.29) is 17.7 Å².